The molecule has 1 amide bonds. The summed E-state index contributed by atoms with van der Waals surface area (Å²) in [6.45, 7) is 1.96. The van der Waals surface area contributed by atoms with Crippen molar-refractivity contribution >= 4 is 27.9 Å². The summed E-state index contributed by atoms with van der Waals surface area (Å²) in [7, 11) is 1.62. The molecule has 0 aliphatic heterocycles. The molecule has 0 spiro atoms. The molecule has 0 aliphatic carbocycles. The topological polar surface area (TPSA) is 38.3 Å². The van der Waals surface area contributed by atoms with Crippen LogP contribution >= 0.6 is 15.9 Å². The highest BCUT2D eigenvalue weighted by molar-refractivity contribution is 9.10. The van der Waals surface area contributed by atoms with Crippen LogP contribution in [-0.4, -0.2) is 13.0 Å². The lowest BCUT2D eigenvalue weighted by Gasteiger charge is -2.12. The molecule has 0 bridgehead atoms. The average Bonchev–Trinajstić information content (AvgIpc) is 2.54. The van der Waals surface area contributed by atoms with Crippen LogP contribution in [0.1, 0.15) is 24.1 Å². The number of carbonyl (C=O) groups is 1. The zero-order valence-corrected chi connectivity index (χ0v) is 14.1. The third-order valence-corrected chi connectivity index (χ3v) is 3.88. The number of amides is 1. The Morgan fingerprint density at radius 3 is 2.59 bits per heavy atom. The van der Waals surface area contributed by atoms with Gasteiger partial charge in [0.2, 0.25) is 5.91 Å². The van der Waals surface area contributed by atoms with E-state index in [-0.39, 0.29) is 11.9 Å². The van der Waals surface area contributed by atoms with Gasteiger partial charge in [0, 0.05) is 6.08 Å². The standard InChI is InChI=1S/C18H18BrNO2/c1-13(15-6-4-3-5-7-15)20-18(21)11-9-14-8-10-17(22-2)16(19)12-14/h3-13H,1-2H3,(H,20,21)/b11-9+/t13-/m0/s1. The van der Waals surface area contributed by atoms with E-state index in [4.69, 9.17) is 4.74 Å². The Morgan fingerprint density at radius 1 is 1.23 bits per heavy atom. The van der Waals surface area contributed by atoms with Gasteiger partial charge in [0.05, 0.1) is 17.6 Å². The number of halogens is 1. The molecule has 0 saturated heterocycles. The first-order valence-corrected chi connectivity index (χ1v) is 7.76. The van der Waals surface area contributed by atoms with Gasteiger partial charge in [-0.15, -0.1) is 0 Å². The van der Waals surface area contributed by atoms with E-state index in [0.717, 1.165) is 21.3 Å². The maximum atomic E-state index is 12.0. The highest BCUT2D eigenvalue weighted by Crippen LogP contribution is 2.25. The Balaban J connectivity index is 1.98. The minimum Gasteiger partial charge on any atom is -0.496 e. The van der Waals surface area contributed by atoms with Gasteiger partial charge in [-0.2, -0.15) is 0 Å². The van der Waals surface area contributed by atoms with Crippen LogP contribution < -0.4 is 10.1 Å². The summed E-state index contributed by atoms with van der Waals surface area (Å²) in [5, 5.41) is 2.94. The molecule has 0 heterocycles. The lowest BCUT2D eigenvalue weighted by molar-refractivity contribution is -0.117. The number of hydrogen-bond donors (Lipinski definition) is 1. The highest BCUT2D eigenvalue weighted by Gasteiger charge is 2.06. The monoisotopic (exact) mass is 359 g/mol. The van der Waals surface area contributed by atoms with Crippen LogP contribution in [0.3, 0.4) is 0 Å². The summed E-state index contributed by atoms with van der Waals surface area (Å²) in [5.74, 6) is 0.641. The lowest BCUT2D eigenvalue weighted by atomic mass is 10.1. The first-order valence-electron chi connectivity index (χ1n) is 6.97. The molecule has 0 saturated carbocycles. The normalized spacial score (nSPS) is 12.1. The summed E-state index contributed by atoms with van der Waals surface area (Å²) < 4.78 is 6.03. The molecular weight excluding hydrogens is 342 g/mol. The zero-order valence-electron chi connectivity index (χ0n) is 12.5. The van der Waals surface area contributed by atoms with Gasteiger partial charge in [-0.3, -0.25) is 4.79 Å². The highest BCUT2D eigenvalue weighted by atomic mass is 79.9. The van der Waals surface area contributed by atoms with E-state index in [0.29, 0.717) is 0 Å². The summed E-state index contributed by atoms with van der Waals surface area (Å²) in [6.07, 6.45) is 3.31. The fraction of sp³-hybridized carbons (Fsp3) is 0.167. The molecule has 2 rings (SSSR count). The van der Waals surface area contributed by atoms with Crippen LogP contribution in [-0.2, 0) is 4.79 Å². The van der Waals surface area contributed by atoms with E-state index in [1.807, 2.05) is 55.5 Å². The largest absolute Gasteiger partial charge is 0.496 e. The second-order valence-corrected chi connectivity index (χ2v) is 5.72. The van der Waals surface area contributed by atoms with Crippen molar-refractivity contribution in [2.75, 3.05) is 7.11 Å². The van der Waals surface area contributed by atoms with Crippen molar-refractivity contribution in [3.05, 3.63) is 70.2 Å². The van der Waals surface area contributed by atoms with E-state index in [1.165, 1.54) is 6.08 Å². The number of rotatable bonds is 5. The van der Waals surface area contributed by atoms with E-state index in [1.54, 1.807) is 13.2 Å². The second-order valence-electron chi connectivity index (χ2n) is 4.87. The van der Waals surface area contributed by atoms with E-state index in [9.17, 15) is 4.79 Å². The number of nitrogens with one attached hydrogen (secondary N) is 1. The summed E-state index contributed by atoms with van der Waals surface area (Å²) >= 11 is 3.43. The first-order chi connectivity index (χ1) is 10.6. The molecule has 2 aromatic carbocycles. The van der Waals surface area contributed by atoms with Crippen molar-refractivity contribution in [1.29, 1.82) is 0 Å². The SMILES string of the molecule is COc1ccc(/C=C/C(=O)N[C@@H](C)c2ccccc2)cc1Br. The predicted octanol–water partition coefficient (Wildman–Crippen LogP) is 4.35. The average molecular weight is 360 g/mol. The Labute approximate surface area is 139 Å². The zero-order chi connectivity index (χ0) is 15.9. The van der Waals surface area contributed by atoms with E-state index < -0.39 is 0 Å². The maximum Gasteiger partial charge on any atom is 0.244 e. The number of hydrogen-bond acceptors (Lipinski definition) is 2. The smallest absolute Gasteiger partial charge is 0.244 e. The number of ether oxygens (including phenoxy) is 1. The third-order valence-electron chi connectivity index (χ3n) is 3.26. The molecule has 22 heavy (non-hydrogen) atoms. The summed E-state index contributed by atoms with van der Waals surface area (Å²) in [4.78, 5) is 12.0. The van der Waals surface area contributed by atoms with Crippen LogP contribution in [0.5, 0.6) is 5.75 Å². The fourth-order valence-corrected chi connectivity index (χ4v) is 2.60. The Kier molecular flexibility index (Phi) is 5.78. The molecule has 0 aliphatic rings. The van der Waals surface area contributed by atoms with Gasteiger partial charge < -0.3 is 10.1 Å². The minimum atomic E-state index is -0.122. The molecular formula is C18H18BrNO2. The van der Waals surface area contributed by atoms with Gasteiger partial charge in [0.25, 0.3) is 0 Å². The second kappa shape index (κ2) is 7.80. The first kappa shape index (κ1) is 16.3. The minimum absolute atomic E-state index is 0.0269. The molecule has 2 aromatic rings. The number of benzene rings is 2. The third kappa shape index (κ3) is 4.46. The van der Waals surface area contributed by atoms with E-state index >= 15 is 0 Å². The Hall–Kier alpha value is -2.07. The molecule has 0 radical (unpaired) electrons. The lowest BCUT2D eigenvalue weighted by Crippen LogP contribution is -2.24. The van der Waals surface area contributed by atoms with Crippen LogP contribution in [0.2, 0.25) is 0 Å². The van der Waals surface area contributed by atoms with Gasteiger partial charge in [0.1, 0.15) is 5.75 Å². The number of methoxy groups -OCH3 is 1. The summed E-state index contributed by atoms with van der Waals surface area (Å²) in [6, 6.07) is 15.5. The number of carbonyl (C=O) groups excluding carboxylic acids is 1. The van der Waals surface area contributed by atoms with Gasteiger partial charge in [-0.25, -0.2) is 0 Å². The van der Waals surface area contributed by atoms with Crippen LogP contribution in [0.4, 0.5) is 0 Å². The molecule has 0 fully saturated rings. The Bertz CT molecular complexity index is 668. The van der Waals surface area contributed by atoms with Crippen LogP contribution in [0.15, 0.2) is 59.1 Å². The molecule has 0 unspecified atom stereocenters. The van der Waals surface area contributed by atoms with Crippen LogP contribution in [0.25, 0.3) is 6.08 Å². The van der Waals surface area contributed by atoms with Gasteiger partial charge in [0.15, 0.2) is 0 Å². The summed E-state index contributed by atoms with van der Waals surface area (Å²) in [5.41, 5.74) is 2.01. The molecule has 3 nitrogen and oxygen atoms in total. The van der Waals surface area contributed by atoms with E-state index in [2.05, 4.69) is 21.2 Å². The van der Waals surface area contributed by atoms with Crippen molar-refractivity contribution in [2.45, 2.75) is 13.0 Å². The van der Waals surface area contributed by atoms with Crippen molar-refractivity contribution in [2.24, 2.45) is 0 Å². The molecule has 0 aromatic heterocycles. The molecule has 4 heteroatoms. The van der Waals surface area contributed by atoms with Gasteiger partial charge in [-0.05, 0) is 52.2 Å². The Morgan fingerprint density at radius 2 is 1.95 bits per heavy atom. The van der Waals surface area contributed by atoms with Crippen molar-refractivity contribution in [3.8, 4) is 5.75 Å². The molecule has 1 N–H and O–H groups in total. The van der Waals surface area contributed by atoms with Gasteiger partial charge >= 0.3 is 0 Å². The quantitative estimate of drug-likeness (QED) is 0.806. The predicted molar refractivity (Wildman–Crippen MR) is 92.7 cm³/mol. The fourth-order valence-electron chi connectivity index (χ4n) is 2.04. The molecule has 114 valence electrons. The maximum absolute atomic E-state index is 12.0. The van der Waals surface area contributed by atoms with Crippen molar-refractivity contribution in [3.63, 3.8) is 0 Å². The van der Waals surface area contributed by atoms with Crippen molar-refractivity contribution in [1.82, 2.24) is 5.32 Å². The van der Waals surface area contributed by atoms with Crippen LogP contribution in [0, 0.1) is 0 Å². The van der Waals surface area contributed by atoms with Crippen molar-refractivity contribution < 1.29 is 9.53 Å². The molecule has 1 atom stereocenters. The van der Waals surface area contributed by atoms with Gasteiger partial charge in [-0.1, -0.05) is 36.4 Å².